The Labute approximate surface area is 174 Å². The largest absolute Gasteiger partial charge is 0.416 e. The van der Waals surface area contributed by atoms with E-state index in [2.05, 4.69) is 0 Å². The Hall–Kier alpha value is -2.76. The van der Waals surface area contributed by atoms with Crippen LogP contribution in [0.4, 0.5) is 13.2 Å². The zero-order chi connectivity index (χ0) is 21.3. The summed E-state index contributed by atoms with van der Waals surface area (Å²) in [6.07, 6.45) is 0.761. The van der Waals surface area contributed by atoms with Crippen LogP contribution in [0, 0.1) is 0 Å². The summed E-state index contributed by atoms with van der Waals surface area (Å²) in [5.41, 5.74) is 1.72. The Morgan fingerprint density at radius 2 is 1.77 bits per heavy atom. The number of para-hydroxylation sites is 1. The molecule has 4 rings (SSSR count). The van der Waals surface area contributed by atoms with Crippen LogP contribution >= 0.6 is 0 Å². The minimum absolute atomic E-state index is 0.00467. The van der Waals surface area contributed by atoms with Crippen molar-refractivity contribution in [1.29, 1.82) is 0 Å². The lowest BCUT2D eigenvalue weighted by Crippen LogP contribution is -2.36. The molecule has 2 heterocycles. The van der Waals surface area contributed by atoms with Gasteiger partial charge in [-0.3, -0.25) is 4.79 Å². The standard InChI is InChI=1S/C24H25F3N2O/c1-28-16-21(19-10-3-4-11-22(19)28)20(15-23(30)29-12-5-2-6-13-29)17-8-7-9-18(14-17)24(25,26)27/h3-4,7-11,14,16,20H,2,5-6,12-13,15H2,1H3/t20-/m0/s1. The number of rotatable bonds is 4. The van der Waals surface area contributed by atoms with Crippen LogP contribution in [-0.2, 0) is 18.0 Å². The molecule has 1 amide bonds. The molecule has 0 N–H and O–H groups in total. The molecule has 0 radical (unpaired) electrons. The Bertz CT molecular complexity index is 1050. The number of benzene rings is 2. The minimum Gasteiger partial charge on any atom is -0.350 e. The van der Waals surface area contributed by atoms with Crippen LogP contribution in [0.2, 0.25) is 0 Å². The van der Waals surface area contributed by atoms with E-state index in [0.717, 1.165) is 54.9 Å². The van der Waals surface area contributed by atoms with E-state index in [1.54, 1.807) is 6.07 Å². The van der Waals surface area contributed by atoms with Gasteiger partial charge in [0.1, 0.15) is 0 Å². The molecule has 0 bridgehead atoms. The first-order valence-corrected chi connectivity index (χ1v) is 10.3. The van der Waals surface area contributed by atoms with E-state index in [9.17, 15) is 18.0 Å². The van der Waals surface area contributed by atoms with Gasteiger partial charge in [0.25, 0.3) is 0 Å². The molecule has 30 heavy (non-hydrogen) atoms. The summed E-state index contributed by atoms with van der Waals surface area (Å²) in [5, 5.41) is 0.967. The van der Waals surface area contributed by atoms with Gasteiger partial charge >= 0.3 is 6.18 Å². The van der Waals surface area contributed by atoms with Gasteiger partial charge in [0.05, 0.1) is 5.56 Å². The summed E-state index contributed by atoms with van der Waals surface area (Å²) in [6.45, 7) is 1.45. The number of carbonyl (C=O) groups excluding carboxylic acids is 1. The normalized spacial score (nSPS) is 16.1. The highest BCUT2D eigenvalue weighted by Crippen LogP contribution is 2.38. The van der Waals surface area contributed by atoms with Crippen molar-refractivity contribution in [1.82, 2.24) is 9.47 Å². The summed E-state index contributed by atoms with van der Waals surface area (Å²) in [4.78, 5) is 14.9. The maximum Gasteiger partial charge on any atom is 0.416 e. The van der Waals surface area contributed by atoms with Crippen LogP contribution in [0.3, 0.4) is 0 Å². The number of amides is 1. The number of hydrogen-bond acceptors (Lipinski definition) is 1. The molecule has 1 aliphatic heterocycles. The topological polar surface area (TPSA) is 25.2 Å². The molecule has 158 valence electrons. The number of nitrogens with zero attached hydrogens (tertiary/aromatic N) is 2. The molecule has 3 nitrogen and oxygen atoms in total. The lowest BCUT2D eigenvalue weighted by atomic mass is 9.86. The Balaban J connectivity index is 1.78. The van der Waals surface area contributed by atoms with Gasteiger partial charge in [0.15, 0.2) is 0 Å². The van der Waals surface area contributed by atoms with Gasteiger partial charge in [-0.1, -0.05) is 36.4 Å². The van der Waals surface area contributed by atoms with Crippen LogP contribution in [-0.4, -0.2) is 28.5 Å². The van der Waals surface area contributed by atoms with Gasteiger partial charge in [0, 0.05) is 49.6 Å². The lowest BCUT2D eigenvalue weighted by Gasteiger charge is -2.29. The first-order chi connectivity index (χ1) is 14.3. The molecule has 1 fully saturated rings. The van der Waals surface area contributed by atoms with E-state index < -0.39 is 17.7 Å². The average molecular weight is 414 g/mol. The molecule has 1 aromatic heterocycles. The molecule has 0 unspecified atom stereocenters. The first-order valence-electron chi connectivity index (χ1n) is 10.3. The Kier molecular flexibility index (Phi) is 5.58. The van der Waals surface area contributed by atoms with Crippen LogP contribution < -0.4 is 0 Å². The fourth-order valence-corrected chi connectivity index (χ4v) is 4.44. The quantitative estimate of drug-likeness (QED) is 0.535. The van der Waals surface area contributed by atoms with Crippen molar-refractivity contribution in [2.45, 2.75) is 37.8 Å². The van der Waals surface area contributed by atoms with E-state index in [4.69, 9.17) is 0 Å². The van der Waals surface area contributed by atoms with Crippen molar-refractivity contribution in [3.05, 3.63) is 71.4 Å². The fourth-order valence-electron chi connectivity index (χ4n) is 4.44. The van der Waals surface area contributed by atoms with Crippen LogP contribution in [0.15, 0.2) is 54.7 Å². The van der Waals surface area contributed by atoms with E-state index in [-0.39, 0.29) is 12.3 Å². The molecular weight excluding hydrogens is 389 g/mol. The van der Waals surface area contributed by atoms with Crippen molar-refractivity contribution < 1.29 is 18.0 Å². The Morgan fingerprint density at radius 3 is 2.50 bits per heavy atom. The smallest absolute Gasteiger partial charge is 0.350 e. The van der Waals surface area contributed by atoms with Gasteiger partial charge in [-0.2, -0.15) is 13.2 Å². The second-order valence-electron chi connectivity index (χ2n) is 8.03. The number of carbonyl (C=O) groups is 1. The maximum absolute atomic E-state index is 13.4. The van der Waals surface area contributed by atoms with Gasteiger partial charge in [-0.25, -0.2) is 0 Å². The van der Waals surface area contributed by atoms with Crippen molar-refractivity contribution >= 4 is 16.8 Å². The summed E-state index contributed by atoms with van der Waals surface area (Å²) in [5.74, 6) is -0.433. The van der Waals surface area contributed by atoms with E-state index in [0.29, 0.717) is 5.56 Å². The number of likely N-dealkylation sites (tertiary alicyclic amines) is 1. The lowest BCUT2D eigenvalue weighted by molar-refractivity contribution is -0.137. The predicted octanol–water partition coefficient (Wildman–Crippen LogP) is 5.73. The van der Waals surface area contributed by atoms with Crippen LogP contribution in [0.5, 0.6) is 0 Å². The number of aryl methyl sites for hydroxylation is 1. The minimum atomic E-state index is -4.42. The molecule has 0 saturated carbocycles. The van der Waals surface area contributed by atoms with Crippen LogP contribution in [0.1, 0.15) is 48.3 Å². The molecule has 6 heteroatoms. The first kappa shape index (κ1) is 20.5. The molecule has 1 saturated heterocycles. The van der Waals surface area contributed by atoms with Gasteiger partial charge in [0.2, 0.25) is 5.91 Å². The summed E-state index contributed by atoms with van der Waals surface area (Å²) >= 11 is 0. The maximum atomic E-state index is 13.4. The third-order valence-corrected chi connectivity index (χ3v) is 6.01. The number of fused-ring (bicyclic) bond motifs is 1. The summed E-state index contributed by atoms with van der Waals surface area (Å²) in [6, 6.07) is 13.2. The van der Waals surface area contributed by atoms with Gasteiger partial charge < -0.3 is 9.47 Å². The summed E-state index contributed by atoms with van der Waals surface area (Å²) in [7, 11) is 1.92. The SMILES string of the molecule is Cn1cc([C@@H](CC(=O)N2CCCCC2)c2cccc(C(F)(F)F)c2)c2ccccc21. The van der Waals surface area contributed by atoms with E-state index in [1.165, 1.54) is 12.1 Å². The number of hydrogen-bond donors (Lipinski definition) is 0. The highest BCUT2D eigenvalue weighted by Gasteiger charge is 2.32. The van der Waals surface area contributed by atoms with Crippen molar-refractivity contribution in [3.63, 3.8) is 0 Å². The number of piperidine rings is 1. The molecule has 3 aromatic rings. The molecule has 1 aliphatic rings. The molecule has 2 aromatic carbocycles. The third kappa shape index (κ3) is 4.09. The average Bonchev–Trinajstić information content (AvgIpc) is 3.08. The van der Waals surface area contributed by atoms with Crippen LogP contribution in [0.25, 0.3) is 10.9 Å². The summed E-state index contributed by atoms with van der Waals surface area (Å²) < 4.78 is 42.1. The van der Waals surface area contributed by atoms with Crippen molar-refractivity contribution in [3.8, 4) is 0 Å². The monoisotopic (exact) mass is 414 g/mol. The second kappa shape index (κ2) is 8.17. The third-order valence-electron chi connectivity index (χ3n) is 6.01. The van der Waals surface area contributed by atoms with Crippen molar-refractivity contribution in [2.24, 2.45) is 7.05 Å². The number of alkyl halides is 3. The predicted molar refractivity (Wildman–Crippen MR) is 111 cm³/mol. The van der Waals surface area contributed by atoms with Gasteiger partial charge in [-0.05, 0) is 42.5 Å². The molecule has 0 aliphatic carbocycles. The highest BCUT2D eigenvalue weighted by molar-refractivity contribution is 5.86. The molecule has 0 spiro atoms. The molecule has 1 atom stereocenters. The number of halogens is 3. The second-order valence-corrected chi connectivity index (χ2v) is 8.03. The number of aromatic nitrogens is 1. The molecular formula is C24H25F3N2O. The van der Waals surface area contributed by atoms with Gasteiger partial charge in [-0.15, -0.1) is 0 Å². The fraction of sp³-hybridized carbons (Fsp3) is 0.375. The zero-order valence-electron chi connectivity index (χ0n) is 17.0. The van der Waals surface area contributed by atoms with E-state index in [1.807, 2.05) is 47.0 Å². The zero-order valence-corrected chi connectivity index (χ0v) is 17.0. The Morgan fingerprint density at radius 1 is 1.03 bits per heavy atom. The van der Waals surface area contributed by atoms with Crippen molar-refractivity contribution in [2.75, 3.05) is 13.1 Å². The van der Waals surface area contributed by atoms with E-state index >= 15 is 0 Å². The highest BCUT2D eigenvalue weighted by atomic mass is 19.4.